The maximum atomic E-state index is 5.46. The summed E-state index contributed by atoms with van der Waals surface area (Å²) in [7, 11) is 0. The van der Waals surface area contributed by atoms with Crippen LogP contribution in [0.25, 0.3) is 11.4 Å². The Bertz CT molecular complexity index is 616. The first-order valence-corrected chi connectivity index (χ1v) is 8.59. The zero-order valence-corrected chi connectivity index (χ0v) is 15.6. The lowest BCUT2D eigenvalue weighted by Crippen LogP contribution is -2.37. The molecule has 2 aromatic rings. The second kappa shape index (κ2) is 8.78. The predicted octanol–water partition coefficient (Wildman–Crippen LogP) is 3.49. The van der Waals surface area contributed by atoms with Crippen molar-refractivity contribution in [3.63, 3.8) is 0 Å². The van der Waals surface area contributed by atoms with Crippen LogP contribution >= 0.6 is 28.3 Å². The van der Waals surface area contributed by atoms with Crippen molar-refractivity contribution in [2.45, 2.75) is 32.4 Å². The van der Waals surface area contributed by atoms with Gasteiger partial charge in [0, 0.05) is 22.6 Å². The van der Waals surface area contributed by atoms with E-state index in [4.69, 9.17) is 4.52 Å². The highest BCUT2D eigenvalue weighted by molar-refractivity contribution is 9.10. The molecule has 1 aromatic heterocycles. The van der Waals surface area contributed by atoms with E-state index in [1.165, 1.54) is 6.42 Å². The Balaban J connectivity index is 0.00000192. The number of hydrogen-bond donors (Lipinski definition) is 1. The summed E-state index contributed by atoms with van der Waals surface area (Å²) in [5, 5.41) is 7.54. The van der Waals surface area contributed by atoms with E-state index >= 15 is 0 Å². The molecule has 7 heteroatoms. The van der Waals surface area contributed by atoms with Crippen LogP contribution in [0.5, 0.6) is 0 Å². The van der Waals surface area contributed by atoms with E-state index < -0.39 is 0 Å². The minimum atomic E-state index is 0. The minimum absolute atomic E-state index is 0. The van der Waals surface area contributed by atoms with Gasteiger partial charge in [-0.2, -0.15) is 4.98 Å². The zero-order chi connectivity index (χ0) is 15.4. The fraction of sp³-hybridized carbons (Fsp3) is 0.500. The molecule has 2 heterocycles. The van der Waals surface area contributed by atoms with E-state index in [-0.39, 0.29) is 12.4 Å². The fourth-order valence-corrected chi connectivity index (χ4v) is 3.27. The number of halogens is 2. The molecule has 5 nitrogen and oxygen atoms in total. The van der Waals surface area contributed by atoms with Gasteiger partial charge < -0.3 is 9.84 Å². The van der Waals surface area contributed by atoms with Crippen molar-refractivity contribution in [2.75, 3.05) is 19.6 Å². The van der Waals surface area contributed by atoms with Crippen LogP contribution in [-0.2, 0) is 6.54 Å². The number of aromatic nitrogens is 2. The molecule has 1 N–H and O–H groups in total. The number of nitrogens with one attached hydrogen (secondary N) is 1. The molecular weight excluding hydrogens is 380 g/mol. The van der Waals surface area contributed by atoms with Crippen molar-refractivity contribution in [1.29, 1.82) is 0 Å². The second-order valence-corrected chi connectivity index (χ2v) is 6.55. The normalized spacial score (nSPS) is 17.4. The highest BCUT2D eigenvalue weighted by Crippen LogP contribution is 2.21. The molecule has 0 radical (unpaired) electrons. The highest BCUT2D eigenvalue weighted by Gasteiger charge is 2.23. The van der Waals surface area contributed by atoms with Crippen LogP contribution in [0, 0.1) is 0 Å². The van der Waals surface area contributed by atoms with Gasteiger partial charge in [0.1, 0.15) is 0 Å². The number of rotatable bonds is 6. The highest BCUT2D eigenvalue weighted by atomic mass is 79.9. The summed E-state index contributed by atoms with van der Waals surface area (Å²) in [5.74, 6) is 1.34. The van der Waals surface area contributed by atoms with Crippen LogP contribution in [0.2, 0.25) is 0 Å². The first-order chi connectivity index (χ1) is 10.8. The molecule has 1 aromatic carbocycles. The first kappa shape index (κ1) is 18.4. The molecular formula is C16H22BrClN4O. The third kappa shape index (κ3) is 4.76. The number of benzene rings is 1. The van der Waals surface area contributed by atoms with Gasteiger partial charge in [0.15, 0.2) is 0 Å². The van der Waals surface area contributed by atoms with Crippen LogP contribution < -0.4 is 5.32 Å². The average molecular weight is 402 g/mol. The summed E-state index contributed by atoms with van der Waals surface area (Å²) < 4.78 is 6.47. The lowest BCUT2D eigenvalue weighted by atomic mass is 10.2. The molecule has 1 atom stereocenters. The van der Waals surface area contributed by atoms with E-state index in [1.54, 1.807) is 0 Å². The second-order valence-electron chi connectivity index (χ2n) is 5.64. The van der Waals surface area contributed by atoms with Crippen LogP contribution in [0.3, 0.4) is 0 Å². The molecule has 1 aliphatic heterocycles. The molecule has 1 fully saturated rings. The smallest absolute Gasteiger partial charge is 0.241 e. The molecule has 0 spiro atoms. The lowest BCUT2D eigenvalue weighted by Gasteiger charge is -2.26. The van der Waals surface area contributed by atoms with Crippen molar-refractivity contribution >= 4 is 28.3 Å². The molecule has 1 aliphatic rings. The van der Waals surface area contributed by atoms with Gasteiger partial charge in [0.05, 0.1) is 6.54 Å². The molecule has 3 rings (SSSR count). The maximum absolute atomic E-state index is 5.46. The van der Waals surface area contributed by atoms with Crippen molar-refractivity contribution in [1.82, 2.24) is 20.4 Å². The molecule has 23 heavy (non-hydrogen) atoms. The first-order valence-electron chi connectivity index (χ1n) is 7.79. The summed E-state index contributed by atoms with van der Waals surface area (Å²) in [6.45, 7) is 6.13. The largest absolute Gasteiger partial charge is 0.338 e. The fourth-order valence-electron chi connectivity index (χ4n) is 2.87. The molecule has 126 valence electrons. The average Bonchev–Trinajstić information content (AvgIpc) is 3.18. The molecule has 1 unspecified atom stereocenters. The van der Waals surface area contributed by atoms with Gasteiger partial charge in [0.25, 0.3) is 0 Å². The van der Waals surface area contributed by atoms with Crippen molar-refractivity contribution in [3.8, 4) is 11.4 Å². The third-order valence-corrected chi connectivity index (χ3v) is 4.44. The van der Waals surface area contributed by atoms with Crippen LogP contribution in [0.1, 0.15) is 25.7 Å². The van der Waals surface area contributed by atoms with E-state index in [0.717, 1.165) is 42.6 Å². The Hall–Kier alpha value is -0.950. The quantitative estimate of drug-likeness (QED) is 0.803. The summed E-state index contributed by atoms with van der Waals surface area (Å²) in [4.78, 5) is 7.00. The van der Waals surface area contributed by atoms with Gasteiger partial charge in [-0.25, -0.2) is 0 Å². The molecule has 0 saturated carbocycles. The minimum Gasteiger partial charge on any atom is -0.338 e. The van der Waals surface area contributed by atoms with Gasteiger partial charge >= 0.3 is 0 Å². The third-order valence-electron chi connectivity index (χ3n) is 3.95. The number of nitrogens with zero attached hydrogens (tertiary/aromatic N) is 3. The topological polar surface area (TPSA) is 54.2 Å². The van der Waals surface area contributed by atoms with E-state index in [9.17, 15) is 0 Å². The lowest BCUT2D eigenvalue weighted by molar-refractivity contribution is 0.174. The Morgan fingerprint density at radius 3 is 3.00 bits per heavy atom. The Labute approximate surface area is 151 Å². The van der Waals surface area contributed by atoms with Crippen molar-refractivity contribution in [3.05, 3.63) is 34.6 Å². The van der Waals surface area contributed by atoms with Gasteiger partial charge in [-0.15, -0.1) is 12.4 Å². The zero-order valence-electron chi connectivity index (χ0n) is 13.2. The predicted molar refractivity (Wildman–Crippen MR) is 96.7 cm³/mol. The Morgan fingerprint density at radius 1 is 1.43 bits per heavy atom. The summed E-state index contributed by atoms with van der Waals surface area (Å²) >= 11 is 3.47. The van der Waals surface area contributed by atoms with Crippen LogP contribution in [0.4, 0.5) is 0 Å². The van der Waals surface area contributed by atoms with Crippen LogP contribution in [-0.4, -0.2) is 40.7 Å². The van der Waals surface area contributed by atoms with Crippen molar-refractivity contribution in [2.24, 2.45) is 0 Å². The van der Waals surface area contributed by atoms with Gasteiger partial charge in [-0.1, -0.05) is 40.1 Å². The summed E-state index contributed by atoms with van der Waals surface area (Å²) in [5.41, 5.74) is 0.967. The SMILES string of the molecule is CCCN(Cc1nc(-c2cccc(Br)c2)no1)C1CCNC1.Cl. The molecule has 0 amide bonds. The monoisotopic (exact) mass is 400 g/mol. The summed E-state index contributed by atoms with van der Waals surface area (Å²) in [6.07, 6.45) is 2.32. The van der Waals surface area contributed by atoms with Gasteiger partial charge in [0.2, 0.25) is 11.7 Å². The molecule has 1 saturated heterocycles. The Kier molecular flexibility index (Phi) is 7.02. The Morgan fingerprint density at radius 2 is 2.30 bits per heavy atom. The summed E-state index contributed by atoms with van der Waals surface area (Å²) in [6, 6.07) is 8.52. The van der Waals surface area contributed by atoms with Gasteiger partial charge in [-0.3, -0.25) is 4.90 Å². The van der Waals surface area contributed by atoms with E-state index in [1.807, 2.05) is 24.3 Å². The molecule has 0 bridgehead atoms. The van der Waals surface area contributed by atoms with Crippen molar-refractivity contribution < 1.29 is 4.52 Å². The van der Waals surface area contributed by atoms with E-state index in [2.05, 4.69) is 43.2 Å². The van der Waals surface area contributed by atoms with Gasteiger partial charge in [-0.05, 0) is 38.1 Å². The molecule has 0 aliphatic carbocycles. The van der Waals surface area contributed by atoms with E-state index in [0.29, 0.717) is 17.8 Å². The number of hydrogen-bond acceptors (Lipinski definition) is 5. The van der Waals surface area contributed by atoms with Crippen LogP contribution in [0.15, 0.2) is 33.3 Å². The maximum Gasteiger partial charge on any atom is 0.241 e. The standard InChI is InChI=1S/C16H21BrN4O.ClH/c1-2-8-21(14-6-7-18-10-14)11-15-19-16(20-22-15)12-4-3-5-13(17)9-12;/h3-5,9,14,18H,2,6-8,10-11H2,1H3;1H.